The fourth-order valence-corrected chi connectivity index (χ4v) is 5.54. The van der Waals surface area contributed by atoms with Crippen LogP contribution in [0.15, 0.2) is 30.0 Å². The van der Waals surface area contributed by atoms with Crippen LogP contribution in [0.1, 0.15) is 43.6 Å². The minimum absolute atomic E-state index is 0.0118. The van der Waals surface area contributed by atoms with Gasteiger partial charge in [0.05, 0.1) is 20.3 Å². The van der Waals surface area contributed by atoms with Crippen molar-refractivity contribution in [3.8, 4) is 11.5 Å². The largest absolute Gasteiger partial charge is 0.497 e. The Morgan fingerprint density at radius 1 is 1.07 bits per heavy atom. The molecule has 148 valence electrons. The van der Waals surface area contributed by atoms with Crippen molar-refractivity contribution in [2.24, 2.45) is 23.7 Å². The van der Waals surface area contributed by atoms with Crippen molar-refractivity contribution in [1.29, 1.82) is 0 Å². The predicted octanol–water partition coefficient (Wildman–Crippen LogP) is 3.67. The number of carbonyl (C=O) groups excluding carboxylic acids is 2. The maximum atomic E-state index is 13.1. The summed E-state index contributed by atoms with van der Waals surface area (Å²) in [6.45, 7) is 1.01. The van der Waals surface area contributed by atoms with E-state index in [-0.39, 0.29) is 41.0 Å². The molecule has 5 heteroatoms. The van der Waals surface area contributed by atoms with Crippen LogP contribution in [0.3, 0.4) is 0 Å². The zero-order valence-electron chi connectivity index (χ0n) is 16.2. The van der Waals surface area contributed by atoms with Gasteiger partial charge in [0.25, 0.3) is 0 Å². The Kier molecular flexibility index (Phi) is 4.41. The summed E-state index contributed by atoms with van der Waals surface area (Å²) in [6.07, 6.45) is 7.52. The van der Waals surface area contributed by atoms with Crippen molar-refractivity contribution >= 4 is 11.6 Å². The van der Waals surface area contributed by atoms with E-state index in [1.165, 1.54) is 25.3 Å². The van der Waals surface area contributed by atoms with E-state index in [0.717, 1.165) is 29.9 Å². The lowest BCUT2D eigenvalue weighted by Crippen LogP contribution is -2.58. The molecular formula is C23H26O5. The van der Waals surface area contributed by atoms with E-state index in [1.54, 1.807) is 7.11 Å². The molecule has 1 aliphatic heterocycles. The van der Waals surface area contributed by atoms with Gasteiger partial charge in [0.1, 0.15) is 11.5 Å². The number of ketones is 2. The third-order valence-electron chi connectivity index (χ3n) is 7.05. The van der Waals surface area contributed by atoms with Crippen molar-refractivity contribution < 1.29 is 23.8 Å². The highest BCUT2D eigenvalue weighted by Crippen LogP contribution is 2.59. The number of fused-ring (bicyclic) bond motifs is 6. The van der Waals surface area contributed by atoms with Crippen LogP contribution in [0.4, 0.5) is 0 Å². The molecule has 4 aliphatic rings. The average molecular weight is 382 g/mol. The second-order valence-corrected chi connectivity index (χ2v) is 8.55. The molecule has 0 bridgehead atoms. The summed E-state index contributed by atoms with van der Waals surface area (Å²) < 4.78 is 17.1. The normalized spacial score (nSPS) is 31.5. The fraction of sp³-hybridized carbons (Fsp3) is 0.565. The third-order valence-corrected chi connectivity index (χ3v) is 7.05. The smallest absolute Gasteiger partial charge is 0.201 e. The van der Waals surface area contributed by atoms with E-state index < -0.39 is 0 Å². The van der Waals surface area contributed by atoms with Gasteiger partial charge in [0.2, 0.25) is 5.78 Å². The number of ether oxygens (including phenoxy) is 3. The predicted molar refractivity (Wildman–Crippen MR) is 102 cm³/mol. The lowest BCUT2D eigenvalue weighted by atomic mass is 9.50. The standard InChI is InChI=1S/C23H26O5/c1-26-14-7-8-15-18(9-14)28-12-16-20(15)22-17(24)10-19(23(25)21(16)22)27-11-13-5-3-2-4-6-13/h7-10,13,16,20-22H,2-6,11-12H2,1H3. The van der Waals surface area contributed by atoms with Gasteiger partial charge >= 0.3 is 0 Å². The summed E-state index contributed by atoms with van der Waals surface area (Å²) >= 11 is 0. The Morgan fingerprint density at radius 3 is 2.68 bits per heavy atom. The Morgan fingerprint density at radius 2 is 1.89 bits per heavy atom. The number of hydrogen-bond acceptors (Lipinski definition) is 5. The molecule has 0 N–H and O–H groups in total. The molecule has 2 fully saturated rings. The van der Waals surface area contributed by atoms with E-state index >= 15 is 0 Å². The van der Waals surface area contributed by atoms with Crippen LogP contribution in [0, 0.1) is 23.7 Å². The Labute approximate surface area is 165 Å². The fourth-order valence-electron chi connectivity index (χ4n) is 5.54. The molecule has 1 aromatic carbocycles. The maximum absolute atomic E-state index is 13.1. The topological polar surface area (TPSA) is 61.8 Å². The molecule has 28 heavy (non-hydrogen) atoms. The van der Waals surface area contributed by atoms with Crippen LogP contribution in [0.25, 0.3) is 0 Å². The quantitative estimate of drug-likeness (QED) is 0.795. The molecule has 3 aliphatic carbocycles. The van der Waals surface area contributed by atoms with Gasteiger partial charge in [0.15, 0.2) is 11.5 Å². The first kappa shape index (κ1) is 17.8. The van der Waals surface area contributed by atoms with E-state index in [2.05, 4.69) is 0 Å². The number of methoxy groups -OCH3 is 1. The number of benzene rings is 1. The van der Waals surface area contributed by atoms with E-state index in [9.17, 15) is 9.59 Å². The van der Waals surface area contributed by atoms with Crippen LogP contribution in [0.5, 0.6) is 11.5 Å². The van der Waals surface area contributed by atoms with Crippen molar-refractivity contribution in [3.05, 3.63) is 35.6 Å². The zero-order valence-corrected chi connectivity index (χ0v) is 16.2. The van der Waals surface area contributed by atoms with Gasteiger partial charge in [-0.2, -0.15) is 0 Å². The van der Waals surface area contributed by atoms with E-state index in [1.807, 2.05) is 18.2 Å². The number of rotatable bonds is 4. The first-order chi connectivity index (χ1) is 13.7. The molecular weight excluding hydrogens is 356 g/mol. The first-order valence-corrected chi connectivity index (χ1v) is 10.4. The van der Waals surface area contributed by atoms with Crippen LogP contribution < -0.4 is 9.47 Å². The van der Waals surface area contributed by atoms with Gasteiger partial charge < -0.3 is 14.2 Å². The third kappa shape index (κ3) is 2.75. The molecule has 0 aromatic heterocycles. The minimum atomic E-state index is -0.306. The number of Topliss-reactive ketones (excluding diaryl/α,β-unsaturated/α-hetero) is 1. The molecule has 2 saturated carbocycles. The molecule has 4 atom stereocenters. The first-order valence-electron chi connectivity index (χ1n) is 10.4. The zero-order chi connectivity index (χ0) is 19.3. The molecule has 4 unspecified atom stereocenters. The van der Waals surface area contributed by atoms with Crippen molar-refractivity contribution in [1.82, 2.24) is 0 Å². The summed E-state index contributed by atoms with van der Waals surface area (Å²) in [5.41, 5.74) is 1.01. The van der Waals surface area contributed by atoms with Gasteiger partial charge in [-0.3, -0.25) is 9.59 Å². The molecule has 1 heterocycles. The van der Waals surface area contributed by atoms with E-state index in [0.29, 0.717) is 19.1 Å². The number of carbonyl (C=O) groups is 2. The average Bonchev–Trinajstić information content (AvgIpc) is 2.71. The molecule has 0 saturated heterocycles. The van der Waals surface area contributed by atoms with Crippen LogP contribution >= 0.6 is 0 Å². The SMILES string of the molecule is COc1ccc2c(c1)OCC1C3C(=O)C(OCC4CCCCC4)=CC(=O)C3C21. The summed E-state index contributed by atoms with van der Waals surface area (Å²) in [7, 11) is 1.62. The van der Waals surface area contributed by atoms with Gasteiger partial charge in [0, 0.05) is 35.8 Å². The van der Waals surface area contributed by atoms with Gasteiger partial charge in [-0.05, 0) is 30.4 Å². The summed E-state index contributed by atoms with van der Waals surface area (Å²) in [4.78, 5) is 25.9. The minimum Gasteiger partial charge on any atom is -0.497 e. The van der Waals surface area contributed by atoms with E-state index in [4.69, 9.17) is 14.2 Å². The Balaban J connectivity index is 1.35. The van der Waals surface area contributed by atoms with Gasteiger partial charge in [-0.15, -0.1) is 0 Å². The summed E-state index contributed by atoms with van der Waals surface area (Å²) in [6, 6.07) is 5.72. The Bertz CT molecular complexity index is 835. The summed E-state index contributed by atoms with van der Waals surface area (Å²) in [5.74, 6) is 1.79. The molecule has 0 spiro atoms. The van der Waals surface area contributed by atoms with Gasteiger partial charge in [-0.25, -0.2) is 0 Å². The molecule has 5 rings (SSSR count). The lowest BCUT2D eigenvalue weighted by Gasteiger charge is -2.53. The number of allylic oxidation sites excluding steroid dienone is 2. The van der Waals surface area contributed by atoms with Crippen LogP contribution in [0.2, 0.25) is 0 Å². The van der Waals surface area contributed by atoms with Crippen LogP contribution in [-0.4, -0.2) is 31.9 Å². The molecule has 0 radical (unpaired) electrons. The second kappa shape index (κ2) is 6.94. The molecule has 0 amide bonds. The second-order valence-electron chi connectivity index (χ2n) is 8.55. The molecule has 5 nitrogen and oxygen atoms in total. The summed E-state index contributed by atoms with van der Waals surface area (Å²) in [5, 5.41) is 0. The number of hydrogen-bond donors (Lipinski definition) is 0. The van der Waals surface area contributed by atoms with Crippen molar-refractivity contribution in [2.75, 3.05) is 20.3 Å². The highest BCUT2D eigenvalue weighted by atomic mass is 16.5. The monoisotopic (exact) mass is 382 g/mol. The van der Waals surface area contributed by atoms with Crippen LogP contribution in [-0.2, 0) is 14.3 Å². The lowest BCUT2D eigenvalue weighted by molar-refractivity contribution is -0.149. The highest BCUT2D eigenvalue weighted by Gasteiger charge is 2.61. The van der Waals surface area contributed by atoms with Crippen molar-refractivity contribution in [3.63, 3.8) is 0 Å². The Hall–Kier alpha value is -2.30. The molecule has 1 aromatic rings. The maximum Gasteiger partial charge on any atom is 0.201 e. The van der Waals surface area contributed by atoms with Crippen molar-refractivity contribution in [2.45, 2.75) is 38.0 Å². The van der Waals surface area contributed by atoms with Gasteiger partial charge in [-0.1, -0.05) is 25.3 Å². The highest BCUT2D eigenvalue weighted by molar-refractivity contribution is 6.11.